The first-order valence-electron chi connectivity index (χ1n) is 13.3. The zero-order valence-corrected chi connectivity index (χ0v) is 23.8. The van der Waals surface area contributed by atoms with Gasteiger partial charge in [-0.25, -0.2) is 0 Å². The van der Waals surface area contributed by atoms with Crippen molar-refractivity contribution in [2.24, 2.45) is 5.92 Å². The third-order valence-corrected chi connectivity index (χ3v) is 6.99. The van der Waals surface area contributed by atoms with Gasteiger partial charge in [0, 0.05) is 6.42 Å². The van der Waals surface area contributed by atoms with Gasteiger partial charge in [-0.05, 0) is 12.3 Å². The fourth-order valence-electron chi connectivity index (χ4n) is 3.91. The molecule has 0 aliphatic carbocycles. The van der Waals surface area contributed by atoms with E-state index < -0.39 is 84.7 Å². The molecular weight excluding hydrogens is 725 g/mol. The predicted molar refractivity (Wildman–Crippen MR) is 117 cm³/mol. The van der Waals surface area contributed by atoms with E-state index in [1.165, 1.54) is 0 Å². The smallest absolute Gasteiger partial charge is 0.200 e. The van der Waals surface area contributed by atoms with E-state index in [1.54, 1.807) is 0 Å². The third-order valence-electron chi connectivity index (χ3n) is 6.99. The van der Waals surface area contributed by atoms with Crippen molar-refractivity contribution < 1.29 is 101 Å². The van der Waals surface area contributed by atoms with E-state index in [-0.39, 0.29) is 12.8 Å². The van der Waals surface area contributed by atoms with Gasteiger partial charge in [0.2, 0.25) is 0 Å². The van der Waals surface area contributed by atoms with Gasteiger partial charge in [-0.1, -0.05) is 65.2 Å². The Morgan fingerprint density at radius 2 is 0.532 bits per heavy atom. The molecule has 0 spiro atoms. The van der Waals surface area contributed by atoms with E-state index >= 15 is 0 Å². The highest BCUT2D eigenvalue weighted by Gasteiger charge is 2.98. The highest BCUT2D eigenvalue weighted by atomic mass is 19.4. The molecule has 0 aromatic heterocycles. The molecule has 0 aliphatic heterocycles. The number of hydrogen-bond donors (Lipinski definition) is 0. The summed E-state index contributed by atoms with van der Waals surface area (Å²) in [5.74, 6) is -86.5. The minimum absolute atomic E-state index is 0.0655. The molecule has 47 heavy (non-hydrogen) atoms. The van der Waals surface area contributed by atoms with Gasteiger partial charge in [-0.3, -0.25) is 0 Å². The molecule has 0 amide bonds. The number of hydrogen-bond acceptors (Lipinski definition) is 0. The number of alkyl halides is 23. The second kappa shape index (κ2) is 14.0. The van der Waals surface area contributed by atoms with Gasteiger partial charge in [0.1, 0.15) is 0 Å². The topological polar surface area (TPSA) is 0 Å². The van der Waals surface area contributed by atoms with Crippen LogP contribution >= 0.6 is 0 Å². The SMILES string of the molecule is CC(C)CCCCCCCCCCC(F)(F)C(F)(F)C(F)(F)C(F)(F)C(F)(F)C(F)(F)C(F)(F)C(F)(F)C(F)(F)C(F)(F)C(F)(F)F. The van der Waals surface area contributed by atoms with Gasteiger partial charge in [-0.15, -0.1) is 0 Å². The molecule has 0 aliphatic rings. The summed E-state index contributed by atoms with van der Waals surface area (Å²) in [5.41, 5.74) is 0. The van der Waals surface area contributed by atoms with Crippen LogP contribution < -0.4 is 0 Å². The van der Waals surface area contributed by atoms with E-state index in [9.17, 15) is 101 Å². The van der Waals surface area contributed by atoms with Crippen LogP contribution in [0.1, 0.15) is 78.1 Å². The van der Waals surface area contributed by atoms with Gasteiger partial charge in [0.25, 0.3) is 0 Å². The van der Waals surface area contributed by atoms with Crippen LogP contribution in [-0.2, 0) is 0 Å². The minimum Gasteiger partial charge on any atom is -0.200 e. The van der Waals surface area contributed by atoms with Crippen molar-refractivity contribution >= 4 is 0 Å². The van der Waals surface area contributed by atoms with Crippen LogP contribution in [0, 0.1) is 5.92 Å². The van der Waals surface area contributed by atoms with Crippen molar-refractivity contribution in [2.45, 2.75) is 143 Å². The molecule has 0 radical (unpaired) electrons. The van der Waals surface area contributed by atoms with Crippen molar-refractivity contribution in [1.82, 2.24) is 0 Å². The van der Waals surface area contributed by atoms with Crippen molar-refractivity contribution in [2.75, 3.05) is 0 Å². The Balaban J connectivity index is 6.20. The van der Waals surface area contributed by atoms with Crippen molar-refractivity contribution in [3.63, 3.8) is 0 Å². The maximum absolute atomic E-state index is 14.0. The van der Waals surface area contributed by atoms with Crippen molar-refractivity contribution in [1.29, 1.82) is 0 Å². The van der Waals surface area contributed by atoms with E-state index in [0.717, 1.165) is 19.3 Å². The molecule has 0 nitrogen and oxygen atoms in total. The first kappa shape index (κ1) is 45.4. The lowest BCUT2D eigenvalue weighted by atomic mass is 9.84. The number of rotatable bonds is 20. The van der Waals surface area contributed by atoms with Gasteiger partial charge >= 0.3 is 65.4 Å². The first-order valence-corrected chi connectivity index (χ1v) is 13.3. The molecule has 0 fully saturated rings. The summed E-state index contributed by atoms with van der Waals surface area (Å²) in [7, 11) is 0. The Kier molecular flexibility index (Phi) is 13.5. The Morgan fingerprint density at radius 3 is 0.809 bits per heavy atom. The molecule has 0 heterocycles. The first-order chi connectivity index (χ1) is 20.4. The lowest BCUT2D eigenvalue weighted by Gasteiger charge is -2.45. The average Bonchev–Trinajstić information content (AvgIpc) is 2.87. The van der Waals surface area contributed by atoms with Gasteiger partial charge in [-0.2, -0.15) is 101 Å². The molecule has 0 aromatic rings. The van der Waals surface area contributed by atoms with Crippen LogP contribution in [0.5, 0.6) is 0 Å². The zero-order valence-electron chi connectivity index (χ0n) is 23.8. The van der Waals surface area contributed by atoms with Crippen LogP contribution in [0.15, 0.2) is 0 Å². The van der Waals surface area contributed by atoms with Crippen LogP contribution in [0.3, 0.4) is 0 Å². The molecule has 0 rings (SSSR count). The van der Waals surface area contributed by atoms with E-state index in [2.05, 4.69) is 0 Å². The van der Waals surface area contributed by atoms with E-state index in [1.807, 2.05) is 13.8 Å². The normalized spacial score (nSPS) is 16.0. The highest BCUT2D eigenvalue weighted by Crippen LogP contribution is 2.67. The summed E-state index contributed by atoms with van der Waals surface area (Å²) in [4.78, 5) is 0. The molecule has 0 saturated carbocycles. The summed E-state index contributed by atoms with van der Waals surface area (Å²) in [5, 5.41) is 0. The standard InChI is InChI=1S/C24H27F23/c1-13(2)11-9-7-5-3-4-6-8-10-12-14(25,26)15(27,28)16(29,30)17(31,32)18(33,34)19(35,36)20(37,38)21(39,40)22(41,42)23(43,44)24(45,46)47/h13H,3-12H2,1-2H3. The van der Waals surface area contributed by atoms with E-state index in [0.29, 0.717) is 18.8 Å². The molecule has 0 saturated heterocycles. The highest BCUT2D eigenvalue weighted by molar-refractivity contribution is 5.18. The average molecular weight is 752 g/mol. The minimum atomic E-state index is -9.36. The fraction of sp³-hybridized carbons (Fsp3) is 1.00. The van der Waals surface area contributed by atoms with Crippen molar-refractivity contribution in [3.05, 3.63) is 0 Å². The van der Waals surface area contributed by atoms with Crippen LogP contribution in [0.25, 0.3) is 0 Å². The Bertz CT molecular complexity index is 991. The molecular formula is C24H27F23. The molecule has 0 unspecified atom stereocenters. The maximum Gasteiger partial charge on any atom is 0.460 e. The largest absolute Gasteiger partial charge is 0.460 e. The Hall–Kier alpha value is -1.61. The third kappa shape index (κ3) is 7.61. The van der Waals surface area contributed by atoms with Crippen LogP contribution in [-0.4, -0.2) is 65.4 Å². The lowest BCUT2D eigenvalue weighted by Crippen LogP contribution is -2.77. The van der Waals surface area contributed by atoms with Gasteiger partial charge in [0.05, 0.1) is 0 Å². The molecule has 0 atom stereocenters. The Morgan fingerprint density at radius 1 is 0.298 bits per heavy atom. The predicted octanol–water partition coefficient (Wildman–Crippen LogP) is 12.5. The summed E-state index contributed by atoms with van der Waals surface area (Å²) in [6, 6.07) is 0. The molecule has 0 aromatic carbocycles. The fourth-order valence-corrected chi connectivity index (χ4v) is 3.91. The summed E-state index contributed by atoms with van der Waals surface area (Å²) in [6.45, 7) is 3.89. The van der Waals surface area contributed by atoms with Gasteiger partial charge < -0.3 is 0 Å². The lowest BCUT2D eigenvalue weighted by molar-refractivity contribution is -0.478. The number of halogens is 23. The maximum atomic E-state index is 14.0. The summed E-state index contributed by atoms with van der Waals surface area (Å²) >= 11 is 0. The van der Waals surface area contributed by atoms with Gasteiger partial charge in [0.15, 0.2) is 0 Å². The van der Waals surface area contributed by atoms with Crippen molar-refractivity contribution in [3.8, 4) is 0 Å². The molecule has 23 heteroatoms. The number of unbranched alkanes of at least 4 members (excludes halogenated alkanes) is 7. The summed E-state index contributed by atoms with van der Waals surface area (Å²) < 4.78 is 309. The van der Waals surface area contributed by atoms with Crippen LogP contribution in [0.4, 0.5) is 101 Å². The molecule has 0 N–H and O–H groups in total. The second-order valence-corrected chi connectivity index (χ2v) is 11.1. The zero-order chi connectivity index (χ0) is 38.1. The molecule has 0 bridgehead atoms. The van der Waals surface area contributed by atoms with E-state index in [4.69, 9.17) is 0 Å². The summed E-state index contributed by atoms with van der Waals surface area (Å²) in [6.07, 6.45) is -8.73. The quantitative estimate of drug-likeness (QED) is 0.0858. The Labute approximate surface area is 251 Å². The molecule has 284 valence electrons. The second-order valence-electron chi connectivity index (χ2n) is 11.1. The van der Waals surface area contributed by atoms with Crippen LogP contribution in [0.2, 0.25) is 0 Å². The monoisotopic (exact) mass is 752 g/mol.